The quantitative estimate of drug-likeness (QED) is 0.855. The van der Waals surface area contributed by atoms with Gasteiger partial charge in [0.1, 0.15) is 5.75 Å². The maximum Gasteiger partial charge on any atom is 0.260 e. The van der Waals surface area contributed by atoms with Crippen LogP contribution in [0.1, 0.15) is 26.3 Å². The fourth-order valence-corrected chi connectivity index (χ4v) is 1.83. The molecule has 19 heavy (non-hydrogen) atoms. The molecule has 0 aliphatic carbocycles. The van der Waals surface area contributed by atoms with E-state index in [0.717, 1.165) is 11.3 Å². The van der Waals surface area contributed by atoms with Crippen molar-refractivity contribution in [3.05, 3.63) is 29.8 Å². The molecule has 0 saturated heterocycles. The number of nitrogens with zero attached hydrogens (tertiary/aromatic N) is 1. The first-order valence-corrected chi connectivity index (χ1v) is 6.57. The molecule has 1 atom stereocenters. The van der Waals surface area contributed by atoms with Gasteiger partial charge in [0, 0.05) is 12.6 Å². The average molecular weight is 265 g/mol. The van der Waals surface area contributed by atoms with Gasteiger partial charge < -0.3 is 14.7 Å². The molecule has 0 spiro atoms. The first-order chi connectivity index (χ1) is 8.91. The van der Waals surface area contributed by atoms with Gasteiger partial charge in [0.25, 0.3) is 5.91 Å². The summed E-state index contributed by atoms with van der Waals surface area (Å²) in [5.41, 5.74) is 1.00. The Balaban J connectivity index is 2.60. The molecule has 1 N–H and O–H groups in total. The maximum absolute atomic E-state index is 12.1. The molecule has 0 radical (unpaired) electrons. The summed E-state index contributed by atoms with van der Waals surface area (Å²) in [6, 6.07) is 7.63. The van der Waals surface area contributed by atoms with Gasteiger partial charge in [0.2, 0.25) is 0 Å². The van der Waals surface area contributed by atoms with Crippen LogP contribution in [-0.2, 0) is 4.79 Å². The summed E-state index contributed by atoms with van der Waals surface area (Å²) in [6.07, 6.45) is -0.537. The van der Waals surface area contributed by atoms with Crippen LogP contribution in [0.5, 0.6) is 5.75 Å². The third-order valence-corrected chi connectivity index (χ3v) is 2.85. The van der Waals surface area contributed by atoms with Gasteiger partial charge in [-0.2, -0.15) is 0 Å². The molecule has 0 aliphatic rings. The number of hydrogen-bond acceptors (Lipinski definition) is 3. The smallest absolute Gasteiger partial charge is 0.260 e. The van der Waals surface area contributed by atoms with Gasteiger partial charge in [-0.25, -0.2) is 0 Å². The van der Waals surface area contributed by atoms with E-state index in [-0.39, 0.29) is 18.6 Å². The summed E-state index contributed by atoms with van der Waals surface area (Å²) >= 11 is 0. The highest BCUT2D eigenvalue weighted by molar-refractivity contribution is 5.78. The van der Waals surface area contributed by atoms with E-state index in [0.29, 0.717) is 6.54 Å². The zero-order chi connectivity index (χ0) is 14.4. The number of carbonyl (C=O) groups is 1. The van der Waals surface area contributed by atoms with Crippen molar-refractivity contribution in [2.75, 3.05) is 13.2 Å². The second kappa shape index (κ2) is 7.14. The molecular formula is C15H23NO3. The van der Waals surface area contributed by atoms with Crippen molar-refractivity contribution in [3.63, 3.8) is 0 Å². The van der Waals surface area contributed by atoms with Gasteiger partial charge >= 0.3 is 0 Å². The standard InChI is InChI=1S/C15H23NO3/c1-11(2)16(9-13(4)17)15(18)10-19-14-8-6-5-7-12(14)3/h5-8,11,13,17H,9-10H2,1-4H3. The third-order valence-electron chi connectivity index (χ3n) is 2.85. The largest absolute Gasteiger partial charge is 0.484 e. The highest BCUT2D eigenvalue weighted by atomic mass is 16.5. The predicted octanol–water partition coefficient (Wildman–Crippen LogP) is 1.99. The molecule has 0 bridgehead atoms. The van der Waals surface area contributed by atoms with Gasteiger partial charge in [-0.1, -0.05) is 18.2 Å². The Bertz CT molecular complexity index is 416. The maximum atomic E-state index is 12.1. The number of ether oxygens (including phenoxy) is 1. The van der Waals surface area contributed by atoms with E-state index in [1.165, 1.54) is 0 Å². The first kappa shape index (κ1) is 15.5. The van der Waals surface area contributed by atoms with Crippen LogP contribution in [0.4, 0.5) is 0 Å². The summed E-state index contributed by atoms with van der Waals surface area (Å²) in [5, 5.41) is 9.42. The molecule has 1 amide bonds. The van der Waals surface area contributed by atoms with Crippen molar-refractivity contribution < 1.29 is 14.6 Å². The van der Waals surface area contributed by atoms with E-state index < -0.39 is 6.10 Å². The second-order valence-corrected chi connectivity index (χ2v) is 5.04. The molecule has 0 fully saturated rings. The van der Waals surface area contributed by atoms with E-state index in [9.17, 15) is 9.90 Å². The average Bonchev–Trinajstić information content (AvgIpc) is 2.34. The van der Waals surface area contributed by atoms with Gasteiger partial charge in [-0.05, 0) is 39.3 Å². The Morgan fingerprint density at radius 3 is 2.47 bits per heavy atom. The summed E-state index contributed by atoms with van der Waals surface area (Å²) in [5.74, 6) is 0.607. The van der Waals surface area contributed by atoms with E-state index in [4.69, 9.17) is 4.74 Å². The minimum atomic E-state index is -0.537. The van der Waals surface area contributed by atoms with Gasteiger partial charge in [-0.15, -0.1) is 0 Å². The summed E-state index contributed by atoms with van der Waals surface area (Å²) in [4.78, 5) is 13.7. The Kier molecular flexibility index (Phi) is 5.83. The van der Waals surface area contributed by atoms with E-state index in [1.807, 2.05) is 45.0 Å². The molecule has 106 valence electrons. The van der Waals surface area contributed by atoms with Crippen molar-refractivity contribution in [1.29, 1.82) is 0 Å². The SMILES string of the molecule is Cc1ccccc1OCC(=O)N(CC(C)O)C(C)C. The van der Waals surface area contributed by atoms with Crippen molar-refractivity contribution >= 4 is 5.91 Å². The van der Waals surface area contributed by atoms with E-state index >= 15 is 0 Å². The summed E-state index contributed by atoms with van der Waals surface area (Å²) in [7, 11) is 0. The number of benzene rings is 1. The lowest BCUT2D eigenvalue weighted by atomic mass is 10.2. The van der Waals surface area contributed by atoms with E-state index in [2.05, 4.69) is 0 Å². The zero-order valence-electron chi connectivity index (χ0n) is 12.1. The Labute approximate surface area is 115 Å². The predicted molar refractivity (Wildman–Crippen MR) is 75.2 cm³/mol. The van der Waals surface area contributed by atoms with Gasteiger partial charge in [0.15, 0.2) is 6.61 Å². The molecular weight excluding hydrogens is 242 g/mol. The number of carbonyl (C=O) groups excluding carboxylic acids is 1. The molecule has 0 heterocycles. The van der Waals surface area contributed by atoms with Gasteiger partial charge in [0.05, 0.1) is 6.10 Å². The lowest BCUT2D eigenvalue weighted by Crippen LogP contribution is -2.43. The number of aryl methyl sites for hydroxylation is 1. The van der Waals surface area contributed by atoms with Crippen LogP contribution >= 0.6 is 0 Å². The topological polar surface area (TPSA) is 49.8 Å². The van der Waals surface area contributed by atoms with Crippen molar-refractivity contribution in [2.45, 2.75) is 39.8 Å². The van der Waals surface area contributed by atoms with Crippen LogP contribution in [0.25, 0.3) is 0 Å². The lowest BCUT2D eigenvalue weighted by Gasteiger charge is -2.28. The molecule has 0 aliphatic heterocycles. The molecule has 1 unspecified atom stereocenters. The minimum absolute atomic E-state index is 0.00421. The molecule has 4 nitrogen and oxygen atoms in total. The molecule has 1 aromatic carbocycles. The van der Waals surface area contributed by atoms with Crippen LogP contribution in [0.3, 0.4) is 0 Å². The normalized spacial score (nSPS) is 12.3. The van der Waals surface area contributed by atoms with Crippen molar-refractivity contribution in [1.82, 2.24) is 4.90 Å². The first-order valence-electron chi connectivity index (χ1n) is 6.57. The summed E-state index contributed by atoms with van der Waals surface area (Å²) in [6.45, 7) is 7.78. The highest BCUT2D eigenvalue weighted by Gasteiger charge is 2.19. The van der Waals surface area contributed by atoms with Gasteiger partial charge in [-0.3, -0.25) is 4.79 Å². The van der Waals surface area contributed by atoms with Crippen molar-refractivity contribution in [3.8, 4) is 5.75 Å². The Morgan fingerprint density at radius 1 is 1.32 bits per heavy atom. The van der Waals surface area contributed by atoms with Crippen LogP contribution in [0.2, 0.25) is 0 Å². The number of hydrogen-bond donors (Lipinski definition) is 1. The Morgan fingerprint density at radius 2 is 1.95 bits per heavy atom. The van der Waals surface area contributed by atoms with Crippen LogP contribution in [0.15, 0.2) is 24.3 Å². The minimum Gasteiger partial charge on any atom is -0.484 e. The van der Waals surface area contributed by atoms with Crippen LogP contribution < -0.4 is 4.74 Å². The fourth-order valence-electron chi connectivity index (χ4n) is 1.83. The number of aliphatic hydroxyl groups is 1. The zero-order valence-corrected chi connectivity index (χ0v) is 12.1. The molecule has 0 saturated carbocycles. The number of para-hydroxylation sites is 1. The van der Waals surface area contributed by atoms with Crippen molar-refractivity contribution in [2.24, 2.45) is 0 Å². The lowest BCUT2D eigenvalue weighted by molar-refractivity contribution is -0.136. The second-order valence-electron chi connectivity index (χ2n) is 5.04. The van der Waals surface area contributed by atoms with Crippen LogP contribution in [0, 0.1) is 6.92 Å². The molecule has 1 rings (SSSR count). The fraction of sp³-hybridized carbons (Fsp3) is 0.533. The third kappa shape index (κ3) is 4.91. The van der Waals surface area contributed by atoms with E-state index in [1.54, 1.807) is 11.8 Å². The molecule has 4 heteroatoms. The highest BCUT2D eigenvalue weighted by Crippen LogP contribution is 2.16. The van der Waals surface area contributed by atoms with Crippen LogP contribution in [-0.4, -0.2) is 41.2 Å². The number of aliphatic hydroxyl groups excluding tert-OH is 1. The monoisotopic (exact) mass is 265 g/mol. The number of amides is 1. The Hall–Kier alpha value is -1.55. The summed E-state index contributed by atoms with van der Waals surface area (Å²) < 4.78 is 5.54. The molecule has 1 aromatic rings. The number of rotatable bonds is 6. The molecule has 0 aromatic heterocycles.